The Morgan fingerprint density at radius 3 is 2.69 bits per heavy atom. The van der Waals surface area contributed by atoms with E-state index in [1.54, 1.807) is 24.5 Å². The second kappa shape index (κ2) is 9.25. The number of methoxy groups -OCH3 is 1. The van der Waals surface area contributed by atoms with Crippen LogP contribution in [0.4, 0.5) is 5.69 Å². The van der Waals surface area contributed by atoms with Gasteiger partial charge in [0.15, 0.2) is 0 Å². The summed E-state index contributed by atoms with van der Waals surface area (Å²) in [5, 5.41) is 0.563. The molecule has 2 aromatic carbocycles. The third kappa shape index (κ3) is 4.99. The van der Waals surface area contributed by atoms with E-state index in [9.17, 15) is 4.79 Å². The molecule has 2 aromatic rings. The fraction of sp³-hybridized carbons (Fsp3) is 0.300. The lowest BCUT2D eigenvalue weighted by atomic mass is 10.1. The van der Waals surface area contributed by atoms with Crippen LogP contribution < -0.4 is 4.74 Å². The molecule has 0 spiro atoms. The SMILES string of the molecule is CCN(C)/C=N/c1cc(OC)c(C(=O)OCc2ccccc2Cl)cc1C. The molecule has 138 valence electrons. The number of esters is 1. The van der Waals surface area contributed by atoms with Gasteiger partial charge in [0, 0.05) is 30.2 Å². The number of benzene rings is 2. The van der Waals surface area contributed by atoms with E-state index in [0.29, 0.717) is 16.3 Å². The van der Waals surface area contributed by atoms with Gasteiger partial charge in [0.2, 0.25) is 0 Å². The molecular weight excluding hydrogens is 352 g/mol. The van der Waals surface area contributed by atoms with Crippen LogP contribution in [0.2, 0.25) is 5.02 Å². The summed E-state index contributed by atoms with van der Waals surface area (Å²) >= 11 is 6.09. The predicted octanol–water partition coefficient (Wildman–Crippen LogP) is 4.63. The molecule has 0 N–H and O–H groups in total. The molecule has 0 unspecified atom stereocenters. The summed E-state index contributed by atoms with van der Waals surface area (Å²) in [7, 11) is 3.46. The van der Waals surface area contributed by atoms with Gasteiger partial charge < -0.3 is 14.4 Å². The molecule has 0 saturated carbocycles. The summed E-state index contributed by atoms with van der Waals surface area (Å²) in [6.07, 6.45) is 1.75. The molecule has 6 heteroatoms. The Morgan fingerprint density at radius 1 is 1.31 bits per heavy atom. The van der Waals surface area contributed by atoms with Crippen molar-refractivity contribution in [2.45, 2.75) is 20.5 Å². The van der Waals surface area contributed by atoms with Crippen molar-refractivity contribution in [1.82, 2.24) is 4.90 Å². The first kappa shape index (κ1) is 19.8. The number of hydrogen-bond donors (Lipinski definition) is 0. The lowest BCUT2D eigenvalue weighted by Gasteiger charge is -2.13. The summed E-state index contributed by atoms with van der Waals surface area (Å²) in [5.41, 5.74) is 2.71. The largest absolute Gasteiger partial charge is 0.496 e. The van der Waals surface area contributed by atoms with Crippen LogP contribution >= 0.6 is 11.6 Å². The van der Waals surface area contributed by atoms with Gasteiger partial charge in [-0.15, -0.1) is 0 Å². The summed E-state index contributed by atoms with van der Waals surface area (Å²) in [6, 6.07) is 10.7. The fourth-order valence-corrected chi connectivity index (χ4v) is 2.41. The van der Waals surface area contributed by atoms with Gasteiger partial charge in [0.25, 0.3) is 0 Å². The van der Waals surface area contributed by atoms with Gasteiger partial charge in [0.1, 0.15) is 17.9 Å². The molecule has 0 heterocycles. The first-order chi connectivity index (χ1) is 12.5. The third-order valence-electron chi connectivity index (χ3n) is 3.95. The van der Waals surface area contributed by atoms with Crippen LogP contribution in [0, 0.1) is 6.92 Å². The Kier molecular flexibility index (Phi) is 7.04. The minimum Gasteiger partial charge on any atom is -0.496 e. The standard InChI is InChI=1S/C20H23ClN2O3/c1-5-23(3)13-22-18-11-19(25-4)16(10-14(18)2)20(24)26-12-15-8-6-7-9-17(15)21/h6-11,13H,5,12H2,1-4H3/b22-13+. The maximum Gasteiger partial charge on any atom is 0.342 e. The van der Waals surface area contributed by atoms with Gasteiger partial charge >= 0.3 is 5.97 Å². The van der Waals surface area contributed by atoms with Crippen molar-refractivity contribution < 1.29 is 14.3 Å². The Hall–Kier alpha value is -2.53. The van der Waals surface area contributed by atoms with E-state index < -0.39 is 5.97 Å². The van der Waals surface area contributed by atoms with E-state index in [-0.39, 0.29) is 6.61 Å². The van der Waals surface area contributed by atoms with Crippen LogP contribution in [0.5, 0.6) is 5.75 Å². The van der Waals surface area contributed by atoms with Crippen LogP contribution in [0.1, 0.15) is 28.4 Å². The van der Waals surface area contributed by atoms with Gasteiger partial charge in [-0.3, -0.25) is 0 Å². The maximum absolute atomic E-state index is 12.5. The minimum absolute atomic E-state index is 0.0991. The summed E-state index contributed by atoms with van der Waals surface area (Å²) in [4.78, 5) is 18.9. The van der Waals surface area contributed by atoms with E-state index in [4.69, 9.17) is 21.1 Å². The molecule has 0 atom stereocenters. The molecule has 0 bridgehead atoms. The zero-order valence-corrected chi connectivity index (χ0v) is 16.2. The zero-order chi connectivity index (χ0) is 19.1. The molecule has 0 aliphatic carbocycles. The number of rotatable bonds is 7. The molecule has 5 nitrogen and oxygen atoms in total. The highest BCUT2D eigenvalue weighted by molar-refractivity contribution is 6.31. The monoisotopic (exact) mass is 374 g/mol. The Balaban J connectivity index is 2.20. The second-order valence-electron chi connectivity index (χ2n) is 5.82. The van der Waals surface area contributed by atoms with Crippen LogP contribution in [0.15, 0.2) is 41.4 Å². The van der Waals surface area contributed by atoms with Gasteiger partial charge in [-0.1, -0.05) is 29.8 Å². The van der Waals surface area contributed by atoms with Crippen molar-refractivity contribution in [3.8, 4) is 5.75 Å². The topological polar surface area (TPSA) is 51.1 Å². The average Bonchev–Trinajstić information content (AvgIpc) is 2.65. The molecule has 0 aliphatic heterocycles. The number of halogens is 1. The Morgan fingerprint density at radius 2 is 2.04 bits per heavy atom. The number of aliphatic imine (C=N–C) groups is 1. The quantitative estimate of drug-likeness (QED) is 0.403. The zero-order valence-electron chi connectivity index (χ0n) is 15.5. The molecule has 0 aliphatic rings. The van der Waals surface area contributed by atoms with E-state index in [2.05, 4.69) is 4.99 Å². The van der Waals surface area contributed by atoms with Gasteiger partial charge in [-0.25, -0.2) is 9.79 Å². The van der Waals surface area contributed by atoms with Crippen molar-refractivity contribution in [1.29, 1.82) is 0 Å². The molecule has 2 rings (SSSR count). The highest BCUT2D eigenvalue weighted by atomic mass is 35.5. The molecular formula is C20H23ClN2O3. The van der Waals surface area contributed by atoms with Crippen molar-refractivity contribution in [2.75, 3.05) is 20.7 Å². The lowest BCUT2D eigenvalue weighted by Crippen LogP contribution is -2.14. The van der Waals surface area contributed by atoms with Crippen molar-refractivity contribution in [2.24, 2.45) is 4.99 Å². The first-order valence-electron chi connectivity index (χ1n) is 8.29. The van der Waals surface area contributed by atoms with Crippen molar-refractivity contribution in [3.63, 3.8) is 0 Å². The number of hydrogen-bond acceptors (Lipinski definition) is 4. The summed E-state index contributed by atoms with van der Waals surface area (Å²) in [6.45, 7) is 4.88. The number of carbonyl (C=O) groups is 1. The van der Waals surface area contributed by atoms with E-state index in [1.807, 2.05) is 44.0 Å². The normalized spacial score (nSPS) is 10.8. The number of carbonyl (C=O) groups excluding carboxylic acids is 1. The number of ether oxygens (including phenoxy) is 2. The van der Waals surface area contributed by atoms with Crippen LogP contribution in [-0.2, 0) is 11.3 Å². The van der Waals surface area contributed by atoms with Gasteiger partial charge in [-0.2, -0.15) is 0 Å². The summed E-state index contributed by atoms with van der Waals surface area (Å²) < 4.78 is 10.8. The molecule has 0 amide bonds. The molecule has 0 saturated heterocycles. The molecule has 26 heavy (non-hydrogen) atoms. The van der Waals surface area contributed by atoms with Crippen LogP contribution in [0.25, 0.3) is 0 Å². The van der Waals surface area contributed by atoms with E-state index >= 15 is 0 Å². The first-order valence-corrected chi connectivity index (χ1v) is 8.67. The maximum atomic E-state index is 12.5. The van der Waals surface area contributed by atoms with Crippen LogP contribution in [0.3, 0.4) is 0 Å². The Labute approximate surface area is 159 Å². The highest BCUT2D eigenvalue weighted by Gasteiger charge is 2.17. The van der Waals surface area contributed by atoms with E-state index in [1.165, 1.54) is 7.11 Å². The Bertz CT molecular complexity index is 806. The van der Waals surface area contributed by atoms with Gasteiger partial charge in [0.05, 0.1) is 19.1 Å². The lowest BCUT2D eigenvalue weighted by molar-refractivity contribution is 0.0469. The number of nitrogens with zero attached hydrogens (tertiary/aromatic N) is 2. The number of aryl methyl sites for hydroxylation is 1. The molecule has 0 fully saturated rings. The van der Waals surface area contributed by atoms with E-state index in [0.717, 1.165) is 23.4 Å². The van der Waals surface area contributed by atoms with Crippen molar-refractivity contribution in [3.05, 3.63) is 58.1 Å². The fourth-order valence-electron chi connectivity index (χ4n) is 2.22. The van der Waals surface area contributed by atoms with Crippen LogP contribution in [-0.4, -0.2) is 37.9 Å². The molecule has 0 radical (unpaired) electrons. The highest BCUT2D eigenvalue weighted by Crippen LogP contribution is 2.30. The van der Waals surface area contributed by atoms with Crippen molar-refractivity contribution >= 4 is 29.6 Å². The summed E-state index contributed by atoms with van der Waals surface area (Å²) in [5.74, 6) is -0.0443. The van der Waals surface area contributed by atoms with Gasteiger partial charge in [-0.05, 0) is 31.5 Å². The minimum atomic E-state index is -0.467. The molecule has 0 aromatic heterocycles. The predicted molar refractivity (Wildman–Crippen MR) is 105 cm³/mol. The second-order valence-corrected chi connectivity index (χ2v) is 6.23. The third-order valence-corrected chi connectivity index (χ3v) is 4.32. The average molecular weight is 375 g/mol. The smallest absolute Gasteiger partial charge is 0.342 e.